The quantitative estimate of drug-likeness (QED) is 0.601. The van der Waals surface area contributed by atoms with Gasteiger partial charge in [-0.1, -0.05) is 59.6 Å². The summed E-state index contributed by atoms with van der Waals surface area (Å²) < 4.78 is 7.20. The summed E-state index contributed by atoms with van der Waals surface area (Å²) in [5, 5.41) is 9.66. The van der Waals surface area contributed by atoms with Crippen LogP contribution in [0.4, 0.5) is 0 Å². The normalized spacial score (nSPS) is 13.7. The molecule has 0 fully saturated rings. The van der Waals surface area contributed by atoms with Gasteiger partial charge in [-0.2, -0.15) is 0 Å². The third-order valence-corrected chi connectivity index (χ3v) is 4.96. The number of carbonyl (C=O) groups is 1. The predicted molar refractivity (Wildman–Crippen MR) is 109 cm³/mol. The highest BCUT2D eigenvalue weighted by Crippen LogP contribution is 2.34. The second-order valence-electron chi connectivity index (χ2n) is 7.34. The van der Waals surface area contributed by atoms with Crippen LogP contribution in [0.2, 0.25) is 0 Å². The van der Waals surface area contributed by atoms with Gasteiger partial charge in [0.25, 0.3) is 0 Å². The van der Waals surface area contributed by atoms with Gasteiger partial charge in [-0.15, -0.1) is 0 Å². The molecule has 0 aliphatic rings. The fourth-order valence-electron chi connectivity index (χ4n) is 3.36. The average Bonchev–Trinajstić information content (AvgIpc) is 2.52. The summed E-state index contributed by atoms with van der Waals surface area (Å²) in [7, 11) is 0. The van der Waals surface area contributed by atoms with Crippen molar-refractivity contribution < 1.29 is 14.6 Å². The van der Waals surface area contributed by atoms with E-state index in [0.717, 1.165) is 26.7 Å². The smallest absolute Gasteiger partial charge is 0.332 e. The van der Waals surface area contributed by atoms with Crippen LogP contribution in [0.5, 0.6) is 0 Å². The number of carboxylic acid groups (broad SMARTS) is 1. The van der Waals surface area contributed by atoms with Crippen LogP contribution in [-0.2, 0) is 9.53 Å². The summed E-state index contributed by atoms with van der Waals surface area (Å²) in [5.74, 6) is -0.676. The summed E-state index contributed by atoms with van der Waals surface area (Å²) in [5.41, 5.74) is 5.43. The van der Waals surface area contributed by atoms with Gasteiger partial charge in [-0.3, -0.25) is 0 Å². The maximum absolute atomic E-state index is 11.8. The highest BCUT2D eigenvalue weighted by atomic mass is 79.9. The highest BCUT2D eigenvalue weighted by molar-refractivity contribution is 9.10. The Hall–Kier alpha value is -1.65. The maximum Gasteiger partial charge on any atom is 0.332 e. The van der Waals surface area contributed by atoms with Crippen LogP contribution in [0.15, 0.2) is 40.9 Å². The summed E-state index contributed by atoms with van der Waals surface area (Å²) in [6.07, 6.45) is -0.779. The summed E-state index contributed by atoms with van der Waals surface area (Å²) in [6.45, 7) is 10.2. The second-order valence-corrected chi connectivity index (χ2v) is 8.25. The minimum Gasteiger partial charge on any atom is -0.479 e. The van der Waals surface area contributed by atoms with E-state index in [9.17, 15) is 9.90 Å². The molecular formula is C22H27BrO3. The lowest BCUT2D eigenvalue weighted by molar-refractivity contribution is -0.154. The monoisotopic (exact) mass is 418 g/mol. The predicted octanol–water partition coefficient (Wildman–Crippen LogP) is 5.98. The lowest BCUT2D eigenvalue weighted by Gasteiger charge is -2.27. The van der Waals surface area contributed by atoms with Crippen LogP contribution in [-0.4, -0.2) is 17.2 Å². The van der Waals surface area contributed by atoms with Crippen LogP contribution < -0.4 is 0 Å². The molecule has 0 aromatic heterocycles. The SMILES string of the molecule is Cc1cc(C)c([C@@H](OC(CC(C)C)C(=O)O)c2ccc(Br)cc2)c(C)c1. The van der Waals surface area contributed by atoms with E-state index in [2.05, 4.69) is 48.8 Å². The molecule has 0 aliphatic heterocycles. The molecule has 1 N–H and O–H groups in total. The van der Waals surface area contributed by atoms with Gasteiger partial charge >= 0.3 is 5.97 Å². The molecule has 3 nitrogen and oxygen atoms in total. The topological polar surface area (TPSA) is 46.5 Å². The molecule has 2 atom stereocenters. The molecule has 4 heteroatoms. The van der Waals surface area contributed by atoms with E-state index >= 15 is 0 Å². The van der Waals surface area contributed by atoms with E-state index in [-0.39, 0.29) is 5.92 Å². The number of aryl methyl sites for hydroxylation is 3. The Bertz CT molecular complexity index is 742. The Labute approximate surface area is 164 Å². The Balaban J connectivity index is 2.52. The zero-order valence-electron chi connectivity index (χ0n) is 16.0. The van der Waals surface area contributed by atoms with Crippen molar-refractivity contribution in [1.82, 2.24) is 0 Å². The number of hydrogen-bond donors (Lipinski definition) is 1. The summed E-state index contributed by atoms with van der Waals surface area (Å²) in [6, 6.07) is 12.1. The van der Waals surface area contributed by atoms with E-state index in [1.54, 1.807) is 0 Å². The van der Waals surface area contributed by atoms with Gasteiger partial charge in [0, 0.05) is 4.47 Å². The van der Waals surface area contributed by atoms with E-state index in [4.69, 9.17) is 4.74 Å². The third kappa shape index (κ3) is 5.18. The van der Waals surface area contributed by atoms with Crippen LogP contribution in [0, 0.1) is 26.7 Å². The molecule has 0 saturated carbocycles. The van der Waals surface area contributed by atoms with Crippen molar-refractivity contribution in [3.8, 4) is 0 Å². The lowest BCUT2D eigenvalue weighted by Crippen LogP contribution is -2.28. The Kier molecular flexibility index (Phi) is 7.01. The molecule has 140 valence electrons. The van der Waals surface area contributed by atoms with Gasteiger partial charge in [0.2, 0.25) is 0 Å². The van der Waals surface area contributed by atoms with Crippen molar-refractivity contribution in [2.24, 2.45) is 5.92 Å². The van der Waals surface area contributed by atoms with Crippen molar-refractivity contribution in [3.05, 3.63) is 68.7 Å². The van der Waals surface area contributed by atoms with E-state index in [1.165, 1.54) is 5.56 Å². The second kappa shape index (κ2) is 8.83. The molecule has 2 aromatic rings. The Morgan fingerprint density at radius 2 is 1.62 bits per heavy atom. The highest BCUT2D eigenvalue weighted by Gasteiger charge is 2.28. The van der Waals surface area contributed by atoms with Crippen molar-refractivity contribution in [1.29, 1.82) is 0 Å². The fraction of sp³-hybridized carbons (Fsp3) is 0.409. The number of carboxylic acids is 1. The first-order chi connectivity index (χ1) is 12.2. The number of benzene rings is 2. The zero-order chi connectivity index (χ0) is 19.4. The van der Waals surface area contributed by atoms with Crippen LogP contribution >= 0.6 is 15.9 Å². The van der Waals surface area contributed by atoms with Gasteiger partial charge in [-0.05, 0) is 67.5 Å². The molecule has 0 saturated heterocycles. The van der Waals surface area contributed by atoms with E-state index < -0.39 is 18.2 Å². The third-order valence-electron chi connectivity index (χ3n) is 4.43. The molecule has 1 unspecified atom stereocenters. The standard InChI is InChI=1S/C22H27BrO3/c1-13(2)10-19(22(24)25)26-21(17-6-8-18(23)9-7-17)20-15(4)11-14(3)12-16(20)5/h6-9,11-13,19,21H,10H2,1-5H3,(H,24,25)/t19?,21-/m0/s1. The molecule has 0 radical (unpaired) electrons. The molecule has 2 rings (SSSR count). The van der Waals surface area contributed by atoms with Crippen LogP contribution in [0.25, 0.3) is 0 Å². The van der Waals surface area contributed by atoms with Gasteiger partial charge in [0.1, 0.15) is 6.10 Å². The summed E-state index contributed by atoms with van der Waals surface area (Å²) in [4.78, 5) is 11.8. The minimum absolute atomic E-state index is 0.238. The first-order valence-corrected chi connectivity index (χ1v) is 9.69. The molecule has 0 bridgehead atoms. The number of aliphatic carboxylic acids is 1. The molecule has 0 heterocycles. The van der Waals surface area contributed by atoms with Gasteiger partial charge in [0.05, 0.1) is 0 Å². The zero-order valence-corrected chi connectivity index (χ0v) is 17.6. The van der Waals surface area contributed by atoms with Crippen molar-refractivity contribution in [2.75, 3.05) is 0 Å². The molecular weight excluding hydrogens is 392 g/mol. The molecule has 0 spiro atoms. The number of hydrogen-bond acceptors (Lipinski definition) is 2. The molecule has 0 aliphatic carbocycles. The summed E-state index contributed by atoms with van der Waals surface area (Å²) >= 11 is 3.46. The fourth-order valence-corrected chi connectivity index (χ4v) is 3.63. The van der Waals surface area contributed by atoms with Gasteiger partial charge < -0.3 is 9.84 Å². The Morgan fingerprint density at radius 1 is 1.08 bits per heavy atom. The van der Waals surface area contributed by atoms with Crippen LogP contribution in [0.1, 0.15) is 54.2 Å². The number of halogens is 1. The maximum atomic E-state index is 11.8. The molecule has 2 aromatic carbocycles. The van der Waals surface area contributed by atoms with Crippen molar-refractivity contribution in [3.63, 3.8) is 0 Å². The Morgan fingerprint density at radius 3 is 2.08 bits per heavy atom. The average molecular weight is 419 g/mol. The lowest BCUT2D eigenvalue weighted by atomic mass is 9.91. The largest absolute Gasteiger partial charge is 0.479 e. The van der Waals surface area contributed by atoms with Gasteiger partial charge in [-0.25, -0.2) is 4.79 Å². The molecule has 0 amide bonds. The van der Waals surface area contributed by atoms with E-state index in [1.807, 2.05) is 38.1 Å². The van der Waals surface area contributed by atoms with Gasteiger partial charge in [0.15, 0.2) is 6.10 Å². The first kappa shape index (κ1) is 20.7. The van der Waals surface area contributed by atoms with Crippen molar-refractivity contribution in [2.45, 2.75) is 53.2 Å². The van der Waals surface area contributed by atoms with E-state index in [0.29, 0.717) is 6.42 Å². The molecule has 26 heavy (non-hydrogen) atoms. The number of rotatable bonds is 7. The first-order valence-electron chi connectivity index (χ1n) is 8.90. The van der Waals surface area contributed by atoms with Crippen LogP contribution in [0.3, 0.4) is 0 Å². The van der Waals surface area contributed by atoms with Crippen molar-refractivity contribution >= 4 is 21.9 Å². The number of ether oxygens (including phenoxy) is 1. The minimum atomic E-state index is -0.914.